The van der Waals surface area contributed by atoms with E-state index in [1.165, 1.54) is 25.7 Å². The van der Waals surface area contributed by atoms with Crippen LogP contribution in [0, 0.1) is 0 Å². The molecule has 2 unspecified atom stereocenters. The highest BCUT2D eigenvalue weighted by molar-refractivity contribution is 7.45. The summed E-state index contributed by atoms with van der Waals surface area (Å²) in [5, 5.41) is 0. The van der Waals surface area contributed by atoms with E-state index in [1.54, 1.807) is 0 Å². The molecule has 0 aliphatic heterocycles. The van der Waals surface area contributed by atoms with Crippen molar-refractivity contribution in [1.29, 1.82) is 0 Å². The fourth-order valence-corrected chi connectivity index (χ4v) is 5.45. The van der Waals surface area contributed by atoms with E-state index >= 15 is 0 Å². The zero-order valence-corrected chi connectivity index (χ0v) is 33.9. The van der Waals surface area contributed by atoms with Crippen molar-refractivity contribution in [3.63, 3.8) is 0 Å². The lowest BCUT2D eigenvalue weighted by Gasteiger charge is -2.28. The number of allylic oxidation sites excluding steroid dienone is 12. The summed E-state index contributed by atoms with van der Waals surface area (Å²) in [6.07, 6.45) is 44.3. The van der Waals surface area contributed by atoms with Gasteiger partial charge in [0.25, 0.3) is 7.82 Å². The summed E-state index contributed by atoms with van der Waals surface area (Å²) in [7, 11) is 1.33. The number of quaternary nitrogens is 1. The average molecular weight is 736 g/mol. The lowest BCUT2D eigenvalue weighted by molar-refractivity contribution is -0.870. The van der Waals surface area contributed by atoms with Crippen LogP contribution >= 0.6 is 7.82 Å². The Morgan fingerprint density at radius 2 is 1.14 bits per heavy atom. The quantitative estimate of drug-likeness (QED) is 0.0210. The summed E-state index contributed by atoms with van der Waals surface area (Å²) in [6.45, 7) is 5.06. The minimum atomic E-state index is -4.51. The third-order valence-corrected chi connectivity index (χ3v) is 8.74. The van der Waals surface area contributed by atoms with E-state index in [0.717, 1.165) is 83.5 Å². The predicted molar refractivity (Wildman–Crippen MR) is 212 cm³/mol. The zero-order chi connectivity index (χ0) is 37.7. The van der Waals surface area contributed by atoms with Crippen LogP contribution < -0.4 is 4.89 Å². The van der Waals surface area contributed by atoms with E-state index in [-0.39, 0.29) is 25.8 Å². The number of rotatable bonds is 35. The maximum Gasteiger partial charge on any atom is 0.306 e. The van der Waals surface area contributed by atoms with Gasteiger partial charge in [-0.05, 0) is 64.2 Å². The first-order chi connectivity index (χ1) is 24.6. The molecule has 9 heteroatoms. The van der Waals surface area contributed by atoms with Gasteiger partial charge in [0.15, 0.2) is 0 Å². The smallest absolute Gasteiger partial charge is 0.306 e. The molecule has 0 rings (SSSR count). The Bertz CT molecular complexity index is 1040. The van der Waals surface area contributed by atoms with Gasteiger partial charge in [-0.25, -0.2) is 0 Å². The number of nitrogens with zero attached hydrogens (tertiary/aromatic N) is 1. The van der Waals surface area contributed by atoms with Gasteiger partial charge in [0.05, 0.1) is 34.4 Å². The molecule has 0 heterocycles. The van der Waals surface area contributed by atoms with E-state index in [9.17, 15) is 14.3 Å². The van der Waals surface area contributed by atoms with Gasteiger partial charge in [0.1, 0.15) is 19.3 Å². The third kappa shape index (κ3) is 39.0. The summed E-state index contributed by atoms with van der Waals surface area (Å²) in [4.78, 5) is 24.5. The van der Waals surface area contributed by atoms with Crippen LogP contribution in [0.2, 0.25) is 0 Å². The molecule has 0 aromatic heterocycles. The van der Waals surface area contributed by atoms with Gasteiger partial charge in [-0.3, -0.25) is 9.36 Å². The fraction of sp³-hybridized carbons (Fsp3) is 0.690. The second-order valence-corrected chi connectivity index (χ2v) is 15.3. The summed E-state index contributed by atoms with van der Waals surface area (Å²) in [6, 6.07) is 0. The predicted octanol–water partition coefficient (Wildman–Crippen LogP) is 10.5. The normalized spacial score (nSPS) is 14.7. The lowest BCUT2D eigenvalue weighted by Crippen LogP contribution is -2.37. The van der Waals surface area contributed by atoms with Crippen molar-refractivity contribution in [3.8, 4) is 0 Å². The Morgan fingerprint density at radius 3 is 1.67 bits per heavy atom. The van der Waals surface area contributed by atoms with Crippen LogP contribution in [0.1, 0.15) is 129 Å². The van der Waals surface area contributed by atoms with Gasteiger partial charge in [-0.1, -0.05) is 132 Å². The number of hydrogen-bond donors (Lipinski definition) is 0. The molecule has 0 radical (unpaired) electrons. The summed E-state index contributed by atoms with van der Waals surface area (Å²) in [5.74, 6) is -0.367. The molecule has 0 N–H and O–H groups in total. The largest absolute Gasteiger partial charge is 0.756 e. The van der Waals surface area contributed by atoms with Crippen molar-refractivity contribution in [1.82, 2.24) is 0 Å². The monoisotopic (exact) mass is 736 g/mol. The van der Waals surface area contributed by atoms with E-state index in [0.29, 0.717) is 24.1 Å². The third-order valence-electron chi connectivity index (χ3n) is 7.77. The van der Waals surface area contributed by atoms with Crippen LogP contribution in [0.3, 0.4) is 0 Å². The Labute approximate surface area is 312 Å². The van der Waals surface area contributed by atoms with Crippen molar-refractivity contribution >= 4 is 13.8 Å². The molecular weight excluding hydrogens is 661 g/mol. The molecule has 0 bridgehead atoms. The van der Waals surface area contributed by atoms with E-state index in [4.69, 9.17) is 18.5 Å². The van der Waals surface area contributed by atoms with Crippen molar-refractivity contribution in [2.75, 3.05) is 54.1 Å². The summed E-state index contributed by atoms with van der Waals surface area (Å²) < 4.78 is 34.0. The van der Waals surface area contributed by atoms with Gasteiger partial charge < -0.3 is 27.9 Å². The molecule has 0 aliphatic rings. The topological polar surface area (TPSA) is 94.1 Å². The molecule has 0 aromatic carbocycles. The Morgan fingerprint density at radius 1 is 0.627 bits per heavy atom. The maximum atomic E-state index is 12.3. The van der Waals surface area contributed by atoms with Crippen LogP contribution in [0.25, 0.3) is 0 Å². The number of hydrogen-bond acceptors (Lipinski definition) is 7. The molecule has 8 nitrogen and oxygen atoms in total. The van der Waals surface area contributed by atoms with Crippen molar-refractivity contribution < 1.29 is 37.3 Å². The van der Waals surface area contributed by atoms with Crippen LogP contribution in [-0.4, -0.2) is 70.7 Å². The average Bonchev–Trinajstić information content (AvgIpc) is 3.07. The van der Waals surface area contributed by atoms with Gasteiger partial charge in [-0.15, -0.1) is 0 Å². The number of unbranched alkanes of at least 4 members (excludes halogenated alkanes) is 9. The van der Waals surface area contributed by atoms with Gasteiger partial charge in [0, 0.05) is 13.0 Å². The molecule has 0 spiro atoms. The molecule has 0 amide bonds. The number of esters is 1. The molecule has 0 aromatic rings. The van der Waals surface area contributed by atoms with Crippen molar-refractivity contribution in [2.45, 2.75) is 136 Å². The molecule has 2 atom stereocenters. The fourth-order valence-electron chi connectivity index (χ4n) is 4.72. The molecule has 0 saturated heterocycles. The number of carbonyl (C=O) groups is 1. The Balaban J connectivity index is 3.96. The zero-order valence-electron chi connectivity index (χ0n) is 33.0. The molecule has 51 heavy (non-hydrogen) atoms. The second-order valence-electron chi connectivity index (χ2n) is 13.9. The number of carbonyl (C=O) groups excluding carboxylic acids is 1. The molecular formula is C42H74NO7P. The minimum Gasteiger partial charge on any atom is -0.756 e. The van der Waals surface area contributed by atoms with Crippen LogP contribution in [0.5, 0.6) is 0 Å². The van der Waals surface area contributed by atoms with Gasteiger partial charge in [0.2, 0.25) is 0 Å². The van der Waals surface area contributed by atoms with E-state index in [1.807, 2.05) is 21.1 Å². The highest BCUT2D eigenvalue weighted by atomic mass is 31.2. The van der Waals surface area contributed by atoms with Crippen molar-refractivity contribution in [3.05, 3.63) is 72.9 Å². The Kier molecular flexibility index (Phi) is 33.6. The lowest BCUT2D eigenvalue weighted by atomic mass is 10.1. The second kappa shape index (κ2) is 35.0. The highest BCUT2D eigenvalue weighted by Gasteiger charge is 2.20. The van der Waals surface area contributed by atoms with Crippen LogP contribution in [-0.2, 0) is 27.9 Å². The van der Waals surface area contributed by atoms with Crippen LogP contribution in [0.4, 0.5) is 0 Å². The minimum absolute atomic E-state index is 0.0196. The number of phosphoric acid groups is 1. The highest BCUT2D eigenvalue weighted by Crippen LogP contribution is 2.38. The van der Waals surface area contributed by atoms with Crippen molar-refractivity contribution in [2.24, 2.45) is 0 Å². The van der Waals surface area contributed by atoms with E-state index in [2.05, 4.69) is 86.8 Å². The SMILES string of the molecule is CC/C=C\C/C=C\C/C=C\C/C=C\C/C=C\C/C=C\CCCCCCCCCOCC(COP(=O)([O-])OCC[N+](C)(C)C)OC(=O)CCCCC. The van der Waals surface area contributed by atoms with E-state index < -0.39 is 13.9 Å². The van der Waals surface area contributed by atoms with Crippen LogP contribution in [0.15, 0.2) is 72.9 Å². The first kappa shape index (κ1) is 48.9. The maximum absolute atomic E-state index is 12.3. The molecule has 294 valence electrons. The summed E-state index contributed by atoms with van der Waals surface area (Å²) in [5.41, 5.74) is 0. The number of ether oxygens (including phenoxy) is 2. The standard InChI is InChI=1S/C42H74NO7P/c1-6-8-10-11-12-13-14-15-16-17-18-19-20-21-22-23-24-25-26-27-28-29-30-31-32-34-37-47-39-41(50-42(44)35-33-9-7-2)40-49-51(45,46)48-38-36-43(3,4)5/h8,10,12-13,15-16,18-19,21-22,24-25,41H,6-7,9,11,14,17,20,23,26-40H2,1-5H3/b10-8-,13-12-,16-15-,19-18-,22-21-,25-24-. The molecule has 0 aliphatic carbocycles. The number of likely N-dealkylation sites (N-methyl/N-ethyl adjacent to an activating group) is 1. The Hall–Kier alpha value is -2.06. The molecule has 0 fully saturated rings. The first-order valence-electron chi connectivity index (χ1n) is 19.7. The summed E-state index contributed by atoms with van der Waals surface area (Å²) >= 11 is 0. The molecule has 0 saturated carbocycles. The van der Waals surface area contributed by atoms with Gasteiger partial charge in [-0.2, -0.15) is 0 Å². The van der Waals surface area contributed by atoms with Gasteiger partial charge >= 0.3 is 5.97 Å². The number of phosphoric ester groups is 1. The first-order valence-corrected chi connectivity index (χ1v) is 21.1.